The highest BCUT2D eigenvalue weighted by Crippen LogP contribution is 2.71. The first-order valence-electron chi connectivity index (χ1n) is 19.5. The van der Waals surface area contributed by atoms with Crippen molar-refractivity contribution in [3.63, 3.8) is 0 Å². The van der Waals surface area contributed by atoms with Gasteiger partial charge in [0, 0.05) is 35.3 Å². The third-order valence-corrected chi connectivity index (χ3v) is 13.6. The largest absolute Gasteiger partial charge is 0.456 e. The second-order valence-electron chi connectivity index (χ2n) is 19.0. The van der Waals surface area contributed by atoms with Crippen LogP contribution in [0.25, 0.3) is 0 Å². The van der Waals surface area contributed by atoms with Crippen molar-refractivity contribution in [2.75, 3.05) is 18.5 Å². The molecular formula is C43H54F5NO6. The lowest BCUT2D eigenvalue weighted by Gasteiger charge is -2.59. The number of carbonyl (C=O) groups is 1. The molecule has 6 atom stereocenters. The van der Waals surface area contributed by atoms with Gasteiger partial charge < -0.3 is 24.4 Å². The summed E-state index contributed by atoms with van der Waals surface area (Å²) in [7, 11) is 0. The van der Waals surface area contributed by atoms with Crippen LogP contribution >= 0.6 is 0 Å². The highest BCUT2D eigenvalue weighted by atomic mass is 19.4. The summed E-state index contributed by atoms with van der Waals surface area (Å²) in [6.07, 6.45) is -5.68. The molecule has 302 valence electrons. The number of benzene rings is 2. The van der Waals surface area contributed by atoms with Gasteiger partial charge in [0.2, 0.25) is 0 Å². The molecular weight excluding hydrogens is 721 g/mol. The third-order valence-electron chi connectivity index (χ3n) is 13.6. The molecule has 7 rings (SSSR count). The van der Waals surface area contributed by atoms with Crippen LogP contribution < -0.4 is 5.32 Å². The van der Waals surface area contributed by atoms with Crippen molar-refractivity contribution in [1.29, 1.82) is 0 Å². The lowest BCUT2D eigenvalue weighted by Crippen LogP contribution is -2.65. The van der Waals surface area contributed by atoms with E-state index < -0.39 is 64.8 Å². The summed E-state index contributed by atoms with van der Waals surface area (Å²) in [4.78, 5) is 12.7. The first-order chi connectivity index (χ1) is 25.4. The number of hydrogen-bond acceptors (Lipinski definition) is 6. The SMILES string of the molecule is CC1(C)COC2(CCC3=C4[C@@H](CC[C@@]3(O)C2)[C@@H]2CC[C@@](O)(C(F)(F)C(F)(F)F)[C@@]2(C)C[C@@H]4c2ccc(COC(=O)Nc3ccc(C(C)(C)C)cc3)cc2)OC1. The zero-order valence-electron chi connectivity index (χ0n) is 32.5. The molecule has 0 aromatic heterocycles. The maximum atomic E-state index is 15.5. The fourth-order valence-corrected chi connectivity index (χ4v) is 10.5. The molecule has 2 aromatic carbocycles. The number of rotatable bonds is 5. The molecule has 4 aliphatic carbocycles. The Morgan fingerprint density at radius 3 is 2.13 bits per heavy atom. The van der Waals surface area contributed by atoms with Crippen LogP contribution in [-0.2, 0) is 26.2 Å². The van der Waals surface area contributed by atoms with Gasteiger partial charge in [-0.15, -0.1) is 0 Å². The Labute approximate surface area is 320 Å². The standard InChI is InChI=1S/C43H54F5NO6/c1-36(2,3)28-11-13-29(14-12-28)49-35(50)53-22-26-7-9-27(10-8-26)31-21-38(6)32(17-20-41(38,52)42(44,45)43(46,47)48)30-15-18-39(51)23-40(19-16-33(39)34(30)31)54-24-37(4,5)25-55-40/h7-14,30-32,51-52H,15-25H2,1-6H3,(H,49,50)/t30-,31+,32-,38-,39+,41-/m0/s1. The Morgan fingerprint density at radius 1 is 0.891 bits per heavy atom. The Bertz CT molecular complexity index is 1810. The maximum Gasteiger partial charge on any atom is 0.456 e. The minimum atomic E-state index is -5.93. The summed E-state index contributed by atoms with van der Waals surface area (Å²) < 4.78 is 91.2. The van der Waals surface area contributed by atoms with Crippen LogP contribution in [-0.4, -0.2) is 58.6 Å². The fraction of sp³-hybridized carbons (Fsp3) is 0.651. The number of ether oxygens (including phenoxy) is 3. The molecule has 2 aromatic rings. The molecule has 1 spiro atoms. The Hall–Kier alpha value is -3.06. The van der Waals surface area contributed by atoms with E-state index in [0.717, 1.165) is 16.7 Å². The number of amides is 1. The van der Waals surface area contributed by atoms with Crippen molar-refractivity contribution in [1.82, 2.24) is 0 Å². The summed E-state index contributed by atoms with van der Waals surface area (Å²) in [5, 5.41) is 26.8. The van der Waals surface area contributed by atoms with Crippen LogP contribution in [0.3, 0.4) is 0 Å². The molecule has 4 fully saturated rings. The molecule has 1 amide bonds. The average Bonchev–Trinajstić information content (AvgIpc) is 3.38. The third kappa shape index (κ3) is 6.80. The summed E-state index contributed by atoms with van der Waals surface area (Å²) in [5.74, 6) is -8.01. The number of hydrogen-bond donors (Lipinski definition) is 3. The van der Waals surface area contributed by atoms with Gasteiger partial charge in [0.05, 0.1) is 18.8 Å². The van der Waals surface area contributed by atoms with Crippen LogP contribution in [0.1, 0.15) is 116 Å². The zero-order chi connectivity index (χ0) is 40.0. The van der Waals surface area contributed by atoms with E-state index in [2.05, 4.69) is 26.1 Å². The van der Waals surface area contributed by atoms with Crippen LogP contribution in [0, 0.1) is 22.7 Å². The second-order valence-corrected chi connectivity index (χ2v) is 19.0. The van der Waals surface area contributed by atoms with Gasteiger partial charge in [-0.2, -0.15) is 22.0 Å². The van der Waals surface area contributed by atoms with E-state index in [1.165, 1.54) is 6.92 Å². The molecule has 0 unspecified atom stereocenters. The minimum absolute atomic E-state index is 0.00951. The predicted molar refractivity (Wildman–Crippen MR) is 196 cm³/mol. The van der Waals surface area contributed by atoms with Crippen molar-refractivity contribution in [2.45, 2.75) is 140 Å². The smallest absolute Gasteiger partial charge is 0.444 e. The lowest BCUT2D eigenvalue weighted by molar-refractivity contribution is -0.362. The number of carbonyl (C=O) groups excluding carboxylic acids is 1. The van der Waals surface area contributed by atoms with Gasteiger partial charge in [-0.3, -0.25) is 5.32 Å². The van der Waals surface area contributed by atoms with Gasteiger partial charge >= 0.3 is 18.2 Å². The summed E-state index contributed by atoms with van der Waals surface area (Å²) in [5.41, 5.74) is -1.96. The van der Waals surface area contributed by atoms with Crippen LogP contribution in [0.15, 0.2) is 59.7 Å². The van der Waals surface area contributed by atoms with E-state index in [1.807, 2.05) is 26.0 Å². The molecule has 3 saturated carbocycles. The van der Waals surface area contributed by atoms with Crippen molar-refractivity contribution < 1.29 is 51.2 Å². The summed E-state index contributed by atoms with van der Waals surface area (Å²) in [6, 6.07) is 14.5. The molecule has 1 heterocycles. The molecule has 5 aliphatic rings. The van der Waals surface area contributed by atoms with E-state index in [0.29, 0.717) is 49.3 Å². The minimum Gasteiger partial charge on any atom is -0.444 e. The monoisotopic (exact) mass is 775 g/mol. The van der Waals surface area contributed by atoms with Gasteiger partial charge in [0.15, 0.2) is 5.79 Å². The van der Waals surface area contributed by atoms with Gasteiger partial charge in [0.25, 0.3) is 0 Å². The summed E-state index contributed by atoms with van der Waals surface area (Å²) >= 11 is 0. The molecule has 7 nitrogen and oxygen atoms in total. The number of nitrogens with one attached hydrogen (secondary N) is 1. The van der Waals surface area contributed by atoms with E-state index in [1.54, 1.807) is 36.4 Å². The quantitative estimate of drug-likeness (QED) is 0.207. The second kappa shape index (κ2) is 13.2. The van der Waals surface area contributed by atoms with Crippen LogP contribution in [0.5, 0.6) is 0 Å². The number of aliphatic hydroxyl groups is 2. The van der Waals surface area contributed by atoms with Gasteiger partial charge in [-0.1, -0.05) is 83.5 Å². The Balaban J connectivity index is 1.18. The van der Waals surface area contributed by atoms with E-state index in [-0.39, 0.29) is 43.1 Å². The number of fused-ring (bicyclic) bond motifs is 4. The molecule has 0 bridgehead atoms. The fourth-order valence-electron chi connectivity index (χ4n) is 10.5. The normalized spacial score (nSPS) is 33.1. The average molecular weight is 776 g/mol. The molecule has 1 saturated heterocycles. The number of anilines is 1. The van der Waals surface area contributed by atoms with Crippen molar-refractivity contribution >= 4 is 11.8 Å². The predicted octanol–water partition coefficient (Wildman–Crippen LogP) is 9.96. The van der Waals surface area contributed by atoms with Crippen molar-refractivity contribution in [3.8, 4) is 0 Å². The zero-order valence-corrected chi connectivity index (χ0v) is 32.5. The number of halogens is 5. The van der Waals surface area contributed by atoms with Crippen molar-refractivity contribution in [3.05, 3.63) is 76.4 Å². The highest BCUT2D eigenvalue weighted by Gasteiger charge is 2.79. The number of alkyl halides is 5. The Morgan fingerprint density at radius 2 is 1.53 bits per heavy atom. The molecule has 1 aliphatic heterocycles. The first kappa shape index (κ1) is 40.1. The maximum absolute atomic E-state index is 15.5. The van der Waals surface area contributed by atoms with E-state index in [9.17, 15) is 28.2 Å². The topological polar surface area (TPSA) is 97.3 Å². The summed E-state index contributed by atoms with van der Waals surface area (Å²) in [6.45, 7) is 12.6. The molecule has 3 N–H and O–H groups in total. The van der Waals surface area contributed by atoms with Crippen molar-refractivity contribution in [2.24, 2.45) is 22.7 Å². The molecule has 55 heavy (non-hydrogen) atoms. The molecule has 12 heteroatoms. The van der Waals surface area contributed by atoms with E-state index in [4.69, 9.17) is 14.2 Å². The highest BCUT2D eigenvalue weighted by molar-refractivity contribution is 5.84. The number of allylic oxidation sites excluding steroid dienone is 1. The Kier molecular flexibility index (Phi) is 9.67. The first-order valence-corrected chi connectivity index (χ1v) is 19.5. The van der Waals surface area contributed by atoms with Gasteiger partial charge in [0.1, 0.15) is 12.2 Å². The van der Waals surface area contributed by atoms with Gasteiger partial charge in [-0.05, 0) is 90.2 Å². The van der Waals surface area contributed by atoms with Crippen LogP contribution in [0.2, 0.25) is 0 Å². The van der Waals surface area contributed by atoms with Gasteiger partial charge in [-0.25, -0.2) is 4.79 Å². The van der Waals surface area contributed by atoms with E-state index >= 15 is 8.78 Å². The van der Waals surface area contributed by atoms with Crippen LogP contribution in [0.4, 0.5) is 32.4 Å². The molecule has 0 radical (unpaired) electrons. The lowest BCUT2D eigenvalue weighted by atomic mass is 9.49.